The Labute approximate surface area is 167 Å². The van der Waals surface area contributed by atoms with Gasteiger partial charge in [-0.1, -0.05) is 30.3 Å². The average Bonchev–Trinajstić information content (AvgIpc) is 3.23. The van der Waals surface area contributed by atoms with Crippen LogP contribution in [0.5, 0.6) is 5.75 Å². The SMILES string of the molecule is O=C(c1ccc(NS(=O)(=O)c2cccs2)cc1O)N1CCc2ccccc2C1. The summed E-state index contributed by atoms with van der Waals surface area (Å²) in [6.45, 7) is 1.06. The lowest BCUT2D eigenvalue weighted by Gasteiger charge is -2.29. The Bertz CT molecular complexity index is 1120. The molecule has 0 bridgehead atoms. The fourth-order valence-electron chi connectivity index (χ4n) is 3.24. The average molecular weight is 415 g/mol. The van der Waals surface area contributed by atoms with Gasteiger partial charge < -0.3 is 10.0 Å². The zero-order valence-corrected chi connectivity index (χ0v) is 16.5. The molecule has 0 saturated carbocycles. The van der Waals surface area contributed by atoms with Crippen molar-refractivity contribution in [2.75, 3.05) is 11.3 Å². The molecule has 0 spiro atoms. The number of thiophene rings is 1. The predicted octanol–water partition coefficient (Wildman–Crippen LogP) is 3.45. The van der Waals surface area contributed by atoms with Crippen molar-refractivity contribution in [2.45, 2.75) is 17.2 Å². The highest BCUT2D eigenvalue weighted by atomic mass is 32.2. The molecule has 0 aliphatic carbocycles. The topological polar surface area (TPSA) is 86.7 Å². The molecule has 1 amide bonds. The Morgan fingerprint density at radius 2 is 1.86 bits per heavy atom. The maximum Gasteiger partial charge on any atom is 0.271 e. The molecule has 0 radical (unpaired) electrons. The number of carbonyl (C=O) groups is 1. The van der Waals surface area contributed by atoms with Crippen molar-refractivity contribution in [1.82, 2.24) is 4.90 Å². The van der Waals surface area contributed by atoms with Gasteiger partial charge in [0.15, 0.2) is 0 Å². The largest absolute Gasteiger partial charge is 0.507 e. The fourth-order valence-corrected chi connectivity index (χ4v) is 5.28. The molecule has 6 nitrogen and oxygen atoms in total. The number of sulfonamides is 1. The zero-order valence-electron chi connectivity index (χ0n) is 14.8. The first-order valence-electron chi connectivity index (χ1n) is 8.69. The van der Waals surface area contributed by atoms with Crippen LogP contribution in [-0.4, -0.2) is 30.9 Å². The highest BCUT2D eigenvalue weighted by molar-refractivity contribution is 7.94. The van der Waals surface area contributed by atoms with Crippen LogP contribution in [0.4, 0.5) is 5.69 Å². The van der Waals surface area contributed by atoms with Gasteiger partial charge in [-0.05, 0) is 41.1 Å². The maximum atomic E-state index is 12.8. The van der Waals surface area contributed by atoms with E-state index in [1.807, 2.05) is 18.2 Å². The summed E-state index contributed by atoms with van der Waals surface area (Å²) in [6.07, 6.45) is 0.765. The third-order valence-corrected chi connectivity index (χ3v) is 7.44. The lowest BCUT2D eigenvalue weighted by Crippen LogP contribution is -2.35. The van der Waals surface area contributed by atoms with E-state index in [9.17, 15) is 18.3 Å². The number of nitrogens with zero attached hydrogens (tertiary/aromatic N) is 1. The van der Waals surface area contributed by atoms with E-state index >= 15 is 0 Å². The van der Waals surface area contributed by atoms with Gasteiger partial charge in [0.25, 0.3) is 15.9 Å². The number of fused-ring (bicyclic) bond motifs is 1. The van der Waals surface area contributed by atoms with Gasteiger partial charge in [-0.3, -0.25) is 9.52 Å². The van der Waals surface area contributed by atoms with E-state index in [1.54, 1.807) is 16.3 Å². The number of benzene rings is 2. The first-order valence-corrected chi connectivity index (χ1v) is 11.1. The molecule has 0 atom stereocenters. The van der Waals surface area contributed by atoms with Crippen LogP contribution in [0.3, 0.4) is 0 Å². The number of amides is 1. The Morgan fingerprint density at radius 1 is 1.07 bits per heavy atom. The van der Waals surface area contributed by atoms with Gasteiger partial charge >= 0.3 is 0 Å². The lowest BCUT2D eigenvalue weighted by atomic mass is 9.99. The van der Waals surface area contributed by atoms with Crippen LogP contribution in [0, 0.1) is 0 Å². The Balaban J connectivity index is 1.53. The molecule has 1 aliphatic heterocycles. The van der Waals surface area contributed by atoms with E-state index in [1.165, 1.54) is 29.8 Å². The number of nitrogens with one attached hydrogen (secondary N) is 1. The molecule has 1 aliphatic rings. The van der Waals surface area contributed by atoms with Gasteiger partial charge in [0.1, 0.15) is 9.96 Å². The van der Waals surface area contributed by atoms with Crippen LogP contribution in [0.2, 0.25) is 0 Å². The Morgan fingerprint density at radius 3 is 2.57 bits per heavy atom. The second-order valence-corrected chi connectivity index (χ2v) is 9.37. The number of phenolic OH excluding ortho intramolecular Hbond substituents is 1. The first kappa shape index (κ1) is 18.5. The summed E-state index contributed by atoms with van der Waals surface area (Å²) in [5.74, 6) is -0.532. The molecule has 1 aromatic heterocycles. The van der Waals surface area contributed by atoms with Crippen molar-refractivity contribution >= 4 is 33.0 Å². The second kappa shape index (κ2) is 7.29. The fraction of sp³-hybridized carbons (Fsp3) is 0.150. The molecule has 2 N–H and O–H groups in total. The smallest absolute Gasteiger partial charge is 0.271 e. The molecule has 0 saturated heterocycles. The number of anilines is 1. The Kier molecular flexibility index (Phi) is 4.82. The van der Waals surface area contributed by atoms with Crippen molar-refractivity contribution in [3.63, 3.8) is 0 Å². The van der Waals surface area contributed by atoms with Gasteiger partial charge in [0.05, 0.1) is 11.3 Å². The number of phenols is 1. The zero-order chi connectivity index (χ0) is 19.7. The predicted molar refractivity (Wildman–Crippen MR) is 108 cm³/mol. The van der Waals surface area contributed by atoms with Crippen molar-refractivity contribution in [3.8, 4) is 5.75 Å². The summed E-state index contributed by atoms with van der Waals surface area (Å²) < 4.78 is 27.2. The normalized spacial score (nSPS) is 13.8. The van der Waals surface area contributed by atoms with Gasteiger partial charge in [-0.25, -0.2) is 8.42 Å². The molecule has 28 heavy (non-hydrogen) atoms. The van der Waals surface area contributed by atoms with Crippen molar-refractivity contribution in [3.05, 3.63) is 76.7 Å². The molecule has 2 aromatic carbocycles. The molecule has 0 unspecified atom stereocenters. The standard InChI is InChI=1S/C20H18N2O4S2/c23-18-12-16(21-28(25,26)19-6-3-11-27-19)7-8-17(18)20(24)22-10-9-14-4-1-2-5-15(14)13-22/h1-8,11-12,21,23H,9-10,13H2. The molecule has 8 heteroatoms. The maximum absolute atomic E-state index is 12.8. The second-order valence-electron chi connectivity index (χ2n) is 6.51. The molecular weight excluding hydrogens is 396 g/mol. The summed E-state index contributed by atoms with van der Waals surface area (Å²) in [5, 5.41) is 12.0. The van der Waals surface area contributed by atoms with E-state index < -0.39 is 10.0 Å². The van der Waals surface area contributed by atoms with Gasteiger partial charge in [0.2, 0.25) is 0 Å². The van der Waals surface area contributed by atoms with E-state index in [2.05, 4.69) is 10.8 Å². The molecule has 4 rings (SSSR count). The van der Waals surface area contributed by atoms with Crippen molar-refractivity contribution in [2.24, 2.45) is 0 Å². The Hall–Kier alpha value is -2.84. The summed E-state index contributed by atoms with van der Waals surface area (Å²) >= 11 is 1.10. The van der Waals surface area contributed by atoms with Gasteiger partial charge in [0, 0.05) is 19.2 Å². The summed E-state index contributed by atoms with van der Waals surface area (Å²) in [6, 6.07) is 15.3. The number of rotatable bonds is 4. The van der Waals surface area contributed by atoms with E-state index in [0.717, 1.165) is 23.3 Å². The third kappa shape index (κ3) is 3.61. The molecular formula is C20H18N2O4S2. The number of hydrogen-bond donors (Lipinski definition) is 2. The third-order valence-electron chi connectivity index (χ3n) is 4.66. The van der Waals surface area contributed by atoms with Crippen LogP contribution >= 0.6 is 11.3 Å². The van der Waals surface area contributed by atoms with Crippen LogP contribution in [0.25, 0.3) is 0 Å². The van der Waals surface area contributed by atoms with Gasteiger partial charge in [-0.2, -0.15) is 0 Å². The minimum absolute atomic E-state index is 0.151. The van der Waals surface area contributed by atoms with Crippen LogP contribution in [0.15, 0.2) is 64.2 Å². The monoisotopic (exact) mass is 414 g/mol. The van der Waals surface area contributed by atoms with Gasteiger partial charge in [-0.15, -0.1) is 11.3 Å². The molecule has 144 valence electrons. The van der Waals surface area contributed by atoms with Crippen molar-refractivity contribution < 1.29 is 18.3 Å². The first-order chi connectivity index (χ1) is 13.4. The number of carbonyl (C=O) groups excluding carboxylic acids is 1. The quantitative estimate of drug-likeness (QED) is 0.685. The number of hydrogen-bond acceptors (Lipinski definition) is 5. The summed E-state index contributed by atoms with van der Waals surface area (Å²) in [4.78, 5) is 14.5. The summed E-state index contributed by atoms with van der Waals surface area (Å²) in [5.41, 5.74) is 2.68. The minimum atomic E-state index is -3.71. The van der Waals surface area contributed by atoms with Crippen molar-refractivity contribution in [1.29, 1.82) is 0 Å². The van der Waals surface area contributed by atoms with Crippen LogP contribution in [0.1, 0.15) is 21.5 Å². The van der Waals surface area contributed by atoms with E-state index in [0.29, 0.717) is 13.1 Å². The van der Waals surface area contributed by atoms with Crippen LogP contribution in [-0.2, 0) is 23.0 Å². The minimum Gasteiger partial charge on any atom is -0.507 e. The molecule has 0 fully saturated rings. The van der Waals surface area contributed by atoms with E-state index in [-0.39, 0.29) is 27.1 Å². The lowest BCUT2D eigenvalue weighted by molar-refractivity contribution is 0.0731. The number of aromatic hydroxyl groups is 1. The van der Waals surface area contributed by atoms with Crippen LogP contribution < -0.4 is 4.72 Å². The highest BCUT2D eigenvalue weighted by Gasteiger charge is 2.24. The summed E-state index contributed by atoms with van der Waals surface area (Å²) in [7, 11) is -3.71. The molecule has 3 aromatic rings. The molecule has 2 heterocycles. The van der Waals surface area contributed by atoms with E-state index in [4.69, 9.17) is 0 Å². The highest BCUT2D eigenvalue weighted by Crippen LogP contribution is 2.28.